The van der Waals surface area contributed by atoms with Gasteiger partial charge >= 0.3 is 0 Å². The molecule has 3 aromatic carbocycles. The maximum absolute atomic E-state index is 14.0. The van der Waals surface area contributed by atoms with E-state index in [-0.39, 0.29) is 17.0 Å². The Hall–Kier alpha value is -3.93. The van der Waals surface area contributed by atoms with E-state index < -0.39 is 23.5 Å². The molecule has 1 aliphatic heterocycles. The first-order chi connectivity index (χ1) is 16.3. The van der Waals surface area contributed by atoms with Crippen LogP contribution in [0.3, 0.4) is 0 Å². The average molecular weight is 460 g/mol. The van der Waals surface area contributed by atoms with Crippen molar-refractivity contribution in [3.8, 4) is 5.75 Å². The van der Waals surface area contributed by atoms with Gasteiger partial charge in [0, 0.05) is 11.3 Å². The topological polar surface area (TPSA) is 66.8 Å². The number of hydrogen-bond acceptors (Lipinski definition) is 4. The Morgan fingerprint density at radius 2 is 1.76 bits per heavy atom. The summed E-state index contributed by atoms with van der Waals surface area (Å²) in [5.41, 5.74) is 2.01. The average Bonchev–Trinajstić information content (AvgIpc) is 3.08. The third kappa shape index (κ3) is 4.44. The zero-order valence-corrected chi connectivity index (χ0v) is 19.3. The van der Waals surface area contributed by atoms with Crippen molar-refractivity contribution in [1.82, 2.24) is 0 Å². The molecule has 1 amide bonds. The van der Waals surface area contributed by atoms with Crippen LogP contribution in [0.2, 0.25) is 0 Å². The van der Waals surface area contributed by atoms with Crippen LogP contribution in [0, 0.1) is 18.7 Å². The lowest BCUT2D eigenvalue weighted by Gasteiger charge is -2.25. The second-order valence-corrected chi connectivity index (χ2v) is 8.74. The summed E-state index contributed by atoms with van der Waals surface area (Å²) >= 11 is 0. The van der Waals surface area contributed by atoms with Gasteiger partial charge < -0.3 is 9.84 Å². The van der Waals surface area contributed by atoms with E-state index >= 15 is 0 Å². The molecule has 0 bridgehead atoms. The van der Waals surface area contributed by atoms with Gasteiger partial charge in [0.1, 0.15) is 17.3 Å². The number of Topliss-reactive ketones (excluding diaryl/α,β-unsaturated/α-hetero) is 1. The fraction of sp³-hybridized carbons (Fsp3) is 0.214. The van der Waals surface area contributed by atoms with Gasteiger partial charge in [-0.25, -0.2) is 4.39 Å². The monoisotopic (exact) mass is 459 g/mol. The van der Waals surface area contributed by atoms with E-state index in [2.05, 4.69) is 13.8 Å². The van der Waals surface area contributed by atoms with Crippen molar-refractivity contribution in [3.63, 3.8) is 0 Å². The maximum atomic E-state index is 14.0. The van der Waals surface area contributed by atoms with Crippen LogP contribution in [0.25, 0.3) is 5.76 Å². The van der Waals surface area contributed by atoms with Gasteiger partial charge in [-0.3, -0.25) is 14.5 Å². The van der Waals surface area contributed by atoms with Gasteiger partial charge in [-0.05, 0) is 60.4 Å². The lowest BCUT2D eigenvalue weighted by Crippen LogP contribution is -2.29. The van der Waals surface area contributed by atoms with Gasteiger partial charge in [0.25, 0.3) is 11.7 Å². The summed E-state index contributed by atoms with van der Waals surface area (Å²) in [6, 6.07) is 18.7. The van der Waals surface area contributed by atoms with E-state index in [1.54, 1.807) is 48.5 Å². The number of aliphatic hydroxyl groups is 1. The van der Waals surface area contributed by atoms with Gasteiger partial charge in [-0.2, -0.15) is 0 Å². The molecule has 3 aromatic rings. The van der Waals surface area contributed by atoms with Gasteiger partial charge in [0.05, 0.1) is 18.2 Å². The zero-order chi connectivity index (χ0) is 24.4. The summed E-state index contributed by atoms with van der Waals surface area (Å²) in [5, 5.41) is 11.3. The van der Waals surface area contributed by atoms with Gasteiger partial charge in [0.2, 0.25) is 0 Å². The summed E-state index contributed by atoms with van der Waals surface area (Å²) < 4.78 is 19.8. The minimum atomic E-state index is -0.903. The molecule has 6 heteroatoms. The van der Waals surface area contributed by atoms with Gasteiger partial charge in [-0.1, -0.05) is 50.2 Å². The highest BCUT2D eigenvalue weighted by Crippen LogP contribution is 2.42. The fourth-order valence-electron chi connectivity index (χ4n) is 4.05. The standard InChI is InChI=1S/C28H26FNO4/c1-17(2)16-34-23-13-12-20(14-18(23)3)26(31)24-25(19-8-5-4-6-9-19)30(28(33)27(24)32)22-11-7-10-21(29)15-22/h4-15,17,25,31H,16H2,1-3H3/b26-24+. The minimum absolute atomic E-state index is 0.0456. The minimum Gasteiger partial charge on any atom is -0.507 e. The summed E-state index contributed by atoms with van der Waals surface area (Å²) in [5.74, 6) is -1.42. The van der Waals surface area contributed by atoms with E-state index in [0.717, 1.165) is 5.56 Å². The summed E-state index contributed by atoms with van der Waals surface area (Å²) in [6.07, 6.45) is 0. The number of amides is 1. The Balaban J connectivity index is 1.84. The lowest BCUT2D eigenvalue weighted by molar-refractivity contribution is -0.132. The van der Waals surface area contributed by atoms with Crippen LogP contribution in [0.5, 0.6) is 5.75 Å². The van der Waals surface area contributed by atoms with Crippen molar-refractivity contribution < 1.29 is 23.8 Å². The van der Waals surface area contributed by atoms with Crippen LogP contribution < -0.4 is 9.64 Å². The van der Waals surface area contributed by atoms with E-state index in [0.29, 0.717) is 29.4 Å². The zero-order valence-electron chi connectivity index (χ0n) is 19.3. The normalized spacial score (nSPS) is 17.4. The van der Waals surface area contributed by atoms with Crippen LogP contribution in [-0.2, 0) is 9.59 Å². The van der Waals surface area contributed by atoms with Crippen molar-refractivity contribution in [3.05, 3.63) is 101 Å². The number of carbonyl (C=O) groups is 2. The highest BCUT2D eigenvalue weighted by atomic mass is 19.1. The second kappa shape index (κ2) is 9.51. The predicted molar refractivity (Wildman–Crippen MR) is 129 cm³/mol. The molecule has 174 valence electrons. The molecule has 1 atom stereocenters. The molecule has 1 fully saturated rings. The number of anilines is 1. The Bertz CT molecular complexity index is 1270. The van der Waals surface area contributed by atoms with E-state index in [9.17, 15) is 19.1 Å². The number of hydrogen-bond donors (Lipinski definition) is 1. The molecule has 0 spiro atoms. The van der Waals surface area contributed by atoms with Crippen LogP contribution in [0.1, 0.15) is 36.6 Å². The molecule has 1 saturated heterocycles. The van der Waals surface area contributed by atoms with Crippen LogP contribution in [0.15, 0.2) is 78.4 Å². The van der Waals surface area contributed by atoms with Crippen LogP contribution in [-0.4, -0.2) is 23.4 Å². The molecule has 4 rings (SSSR count). The summed E-state index contributed by atoms with van der Waals surface area (Å²) in [7, 11) is 0. The van der Waals surface area contributed by atoms with Crippen molar-refractivity contribution in [2.45, 2.75) is 26.8 Å². The van der Waals surface area contributed by atoms with Crippen LogP contribution >= 0.6 is 0 Å². The second-order valence-electron chi connectivity index (χ2n) is 8.74. The van der Waals surface area contributed by atoms with Crippen molar-refractivity contribution >= 4 is 23.1 Å². The quantitative estimate of drug-likeness (QED) is 0.288. The number of rotatable bonds is 6. The molecule has 1 unspecified atom stereocenters. The Labute approximate surface area is 198 Å². The lowest BCUT2D eigenvalue weighted by atomic mass is 9.94. The molecule has 1 aliphatic rings. The smallest absolute Gasteiger partial charge is 0.300 e. The van der Waals surface area contributed by atoms with E-state index in [1.165, 1.54) is 23.1 Å². The summed E-state index contributed by atoms with van der Waals surface area (Å²) in [4.78, 5) is 27.5. The Kier molecular flexibility index (Phi) is 6.50. The molecular formula is C28H26FNO4. The van der Waals surface area contributed by atoms with Crippen molar-refractivity contribution in [2.75, 3.05) is 11.5 Å². The van der Waals surface area contributed by atoms with Crippen molar-refractivity contribution in [1.29, 1.82) is 0 Å². The fourth-order valence-corrected chi connectivity index (χ4v) is 4.05. The number of aliphatic hydroxyl groups excluding tert-OH is 1. The number of halogens is 1. The van der Waals surface area contributed by atoms with E-state index in [1.807, 2.05) is 13.0 Å². The first kappa shape index (κ1) is 23.2. The molecule has 34 heavy (non-hydrogen) atoms. The number of ketones is 1. The maximum Gasteiger partial charge on any atom is 0.300 e. The first-order valence-electron chi connectivity index (χ1n) is 11.1. The number of ether oxygens (including phenoxy) is 1. The molecule has 0 aliphatic carbocycles. The number of benzene rings is 3. The predicted octanol–water partition coefficient (Wildman–Crippen LogP) is 5.80. The van der Waals surface area contributed by atoms with Crippen molar-refractivity contribution in [2.24, 2.45) is 5.92 Å². The molecule has 0 saturated carbocycles. The summed E-state index contributed by atoms with van der Waals surface area (Å²) in [6.45, 7) is 6.51. The SMILES string of the molecule is Cc1cc(/C(O)=C2\C(=O)C(=O)N(c3cccc(F)c3)C2c2ccccc2)ccc1OCC(C)C. The van der Waals surface area contributed by atoms with Gasteiger partial charge in [-0.15, -0.1) is 0 Å². The third-order valence-electron chi connectivity index (χ3n) is 5.67. The van der Waals surface area contributed by atoms with E-state index in [4.69, 9.17) is 4.74 Å². The highest BCUT2D eigenvalue weighted by Gasteiger charge is 2.47. The number of nitrogens with zero attached hydrogens (tertiary/aromatic N) is 1. The molecule has 0 radical (unpaired) electrons. The first-order valence-corrected chi connectivity index (χ1v) is 11.1. The Morgan fingerprint density at radius 1 is 1.03 bits per heavy atom. The van der Waals surface area contributed by atoms with Crippen LogP contribution in [0.4, 0.5) is 10.1 Å². The number of aryl methyl sites for hydroxylation is 1. The number of carbonyl (C=O) groups excluding carboxylic acids is 2. The third-order valence-corrected chi connectivity index (χ3v) is 5.67. The molecule has 1 heterocycles. The Morgan fingerprint density at radius 3 is 2.41 bits per heavy atom. The molecule has 5 nitrogen and oxygen atoms in total. The molecule has 1 N–H and O–H groups in total. The van der Waals surface area contributed by atoms with Gasteiger partial charge in [0.15, 0.2) is 0 Å². The molecular weight excluding hydrogens is 433 g/mol. The largest absolute Gasteiger partial charge is 0.507 e. The molecule has 0 aromatic heterocycles. The highest BCUT2D eigenvalue weighted by molar-refractivity contribution is 6.51.